The standard InChI is InChI=1S/C23H35N3O4S/c1-18-7-8-19(2)21(17-18)31(29,30)24-12-11-23(28)26-15-13-25(14-16-26)22(27)10-9-20-5-3-4-6-20/h7-8,17,20,24H,3-6,9-16H2,1-2H3. The van der Waals surface area contributed by atoms with Gasteiger partial charge in [-0.3, -0.25) is 9.59 Å². The van der Waals surface area contributed by atoms with Crippen molar-refractivity contribution < 1.29 is 18.0 Å². The molecule has 0 bridgehead atoms. The van der Waals surface area contributed by atoms with Crippen LogP contribution < -0.4 is 4.72 Å². The molecule has 1 aromatic rings. The molecule has 0 unspecified atom stereocenters. The lowest BCUT2D eigenvalue weighted by molar-refractivity contribution is -0.139. The van der Waals surface area contributed by atoms with Crippen LogP contribution in [0.4, 0.5) is 0 Å². The number of piperazine rings is 1. The maximum atomic E-state index is 12.6. The van der Waals surface area contributed by atoms with Crippen molar-refractivity contribution in [3.05, 3.63) is 29.3 Å². The summed E-state index contributed by atoms with van der Waals surface area (Å²) in [6.07, 6.45) is 6.79. The predicted octanol–water partition coefficient (Wildman–Crippen LogP) is 2.61. The van der Waals surface area contributed by atoms with Gasteiger partial charge in [0.25, 0.3) is 0 Å². The summed E-state index contributed by atoms with van der Waals surface area (Å²) in [6.45, 7) is 5.81. The van der Waals surface area contributed by atoms with Crippen molar-refractivity contribution in [1.82, 2.24) is 14.5 Å². The van der Waals surface area contributed by atoms with Gasteiger partial charge in [-0.25, -0.2) is 13.1 Å². The third-order valence-electron chi connectivity index (χ3n) is 6.49. The fourth-order valence-electron chi connectivity index (χ4n) is 4.52. The Bertz CT molecular complexity index is 886. The van der Waals surface area contributed by atoms with Crippen LogP contribution in [0.3, 0.4) is 0 Å². The van der Waals surface area contributed by atoms with Gasteiger partial charge in [0.2, 0.25) is 21.8 Å². The maximum Gasteiger partial charge on any atom is 0.240 e. The number of hydrogen-bond donors (Lipinski definition) is 1. The van der Waals surface area contributed by atoms with Crippen molar-refractivity contribution in [2.75, 3.05) is 32.7 Å². The van der Waals surface area contributed by atoms with Gasteiger partial charge < -0.3 is 9.80 Å². The van der Waals surface area contributed by atoms with Crippen molar-refractivity contribution >= 4 is 21.8 Å². The predicted molar refractivity (Wildman–Crippen MR) is 120 cm³/mol. The molecule has 2 amide bonds. The molecular formula is C23H35N3O4S. The van der Waals surface area contributed by atoms with Crippen LogP contribution in [0.1, 0.15) is 56.1 Å². The summed E-state index contributed by atoms with van der Waals surface area (Å²) in [7, 11) is -3.65. The van der Waals surface area contributed by atoms with E-state index in [4.69, 9.17) is 0 Å². The van der Waals surface area contributed by atoms with E-state index in [1.165, 1.54) is 25.7 Å². The summed E-state index contributed by atoms with van der Waals surface area (Å²) in [6, 6.07) is 5.29. The van der Waals surface area contributed by atoms with Gasteiger partial charge in [-0.1, -0.05) is 37.8 Å². The molecule has 1 aliphatic heterocycles. The van der Waals surface area contributed by atoms with E-state index < -0.39 is 10.0 Å². The highest BCUT2D eigenvalue weighted by molar-refractivity contribution is 7.89. The van der Waals surface area contributed by atoms with Gasteiger partial charge in [0.1, 0.15) is 0 Å². The number of amides is 2. The Labute approximate surface area is 186 Å². The molecule has 1 N–H and O–H groups in total. The first-order valence-corrected chi connectivity index (χ1v) is 12.9. The zero-order valence-corrected chi connectivity index (χ0v) is 19.5. The van der Waals surface area contributed by atoms with E-state index in [-0.39, 0.29) is 29.7 Å². The Balaban J connectivity index is 1.39. The molecule has 3 rings (SSSR count). The third-order valence-corrected chi connectivity index (χ3v) is 8.09. The number of nitrogens with zero attached hydrogens (tertiary/aromatic N) is 2. The molecule has 7 nitrogen and oxygen atoms in total. The second-order valence-corrected chi connectivity index (χ2v) is 10.6. The van der Waals surface area contributed by atoms with E-state index in [9.17, 15) is 18.0 Å². The van der Waals surface area contributed by atoms with Crippen LogP contribution >= 0.6 is 0 Å². The first-order valence-electron chi connectivity index (χ1n) is 11.4. The Kier molecular flexibility index (Phi) is 8.11. The summed E-state index contributed by atoms with van der Waals surface area (Å²) < 4.78 is 27.7. The number of rotatable bonds is 8. The van der Waals surface area contributed by atoms with Crippen LogP contribution in [-0.4, -0.2) is 62.8 Å². The zero-order valence-electron chi connectivity index (χ0n) is 18.7. The Morgan fingerprint density at radius 2 is 1.55 bits per heavy atom. The third kappa shape index (κ3) is 6.53. The summed E-state index contributed by atoms with van der Waals surface area (Å²) in [5.74, 6) is 0.821. The average Bonchev–Trinajstić information content (AvgIpc) is 3.27. The molecule has 1 saturated carbocycles. The highest BCUT2D eigenvalue weighted by Gasteiger charge is 2.25. The first kappa shape index (κ1) is 23.7. The normalized spacial score (nSPS) is 17.9. The van der Waals surface area contributed by atoms with Crippen LogP contribution in [0, 0.1) is 19.8 Å². The second-order valence-electron chi connectivity index (χ2n) is 8.87. The summed E-state index contributed by atoms with van der Waals surface area (Å²) >= 11 is 0. The molecule has 1 heterocycles. The van der Waals surface area contributed by atoms with Gasteiger partial charge in [-0.05, 0) is 43.4 Å². The minimum Gasteiger partial charge on any atom is -0.339 e. The average molecular weight is 450 g/mol. The van der Waals surface area contributed by atoms with Gasteiger partial charge in [0.05, 0.1) is 4.90 Å². The summed E-state index contributed by atoms with van der Waals surface area (Å²) in [4.78, 5) is 28.8. The van der Waals surface area contributed by atoms with E-state index in [1.54, 1.807) is 24.0 Å². The number of nitrogens with one attached hydrogen (secondary N) is 1. The minimum absolute atomic E-state index is 0.0646. The topological polar surface area (TPSA) is 86.8 Å². The molecule has 172 valence electrons. The quantitative estimate of drug-likeness (QED) is 0.661. The SMILES string of the molecule is Cc1ccc(C)c(S(=O)(=O)NCCC(=O)N2CCN(C(=O)CCC3CCCC3)CC2)c1. The van der Waals surface area contributed by atoms with E-state index in [0.29, 0.717) is 44.1 Å². The Hall–Kier alpha value is -1.93. The van der Waals surface area contributed by atoms with Crippen molar-refractivity contribution in [3.63, 3.8) is 0 Å². The van der Waals surface area contributed by atoms with E-state index in [0.717, 1.165) is 12.0 Å². The molecule has 1 saturated heterocycles. The van der Waals surface area contributed by atoms with E-state index in [1.807, 2.05) is 17.9 Å². The molecule has 0 spiro atoms. The molecule has 0 atom stereocenters. The molecule has 8 heteroatoms. The van der Waals surface area contributed by atoms with Gasteiger partial charge in [-0.2, -0.15) is 0 Å². The number of carbonyl (C=O) groups excluding carboxylic acids is 2. The number of hydrogen-bond acceptors (Lipinski definition) is 4. The smallest absolute Gasteiger partial charge is 0.240 e. The molecule has 2 aliphatic rings. The molecule has 0 radical (unpaired) electrons. The van der Waals surface area contributed by atoms with Crippen LogP contribution in [-0.2, 0) is 19.6 Å². The zero-order chi connectivity index (χ0) is 22.4. The molecule has 1 aromatic carbocycles. The lowest BCUT2D eigenvalue weighted by atomic mass is 10.0. The number of carbonyl (C=O) groups is 2. The fourth-order valence-corrected chi connectivity index (χ4v) is 5.87. The van der Waals surface area contributed by atoms with E-state index in [2.05, 4.69) is 4.72 Å². The maximum absolute atomic E-state index is 12.6. The Morgan fingerprint density at radius 3 is 2.16 bits per heavy atom. The number of sulfonamides is 1. The molecule has 0 aromatic heterocycles. The van der Waals surface area contributed by atoms with E-state index >= 15 is 0 Å². The number of aryl methyl sites for hydroxylation is 2. The number of benzene rings is 1. The monoisotopic (exact) mass is 449 g/mol. The van der Waals surface area contributed by atoms with Crippen molar-refractivity contribution in [2.45, 2.75) is 63.7 Å². The molecular weight excluding hydrogens is 414 g/mol. The van der Waals surface area contributed by atoms with Gasteiger partial charge in [0.15, 0.2) is 0 Å². The van der Waals surface area contributed by atoms with Crippen LogP contribution in [0.5, 0.6) is 0 Å². The molecule has 2 fully saturated rings. The molecule has 1 aliphatic carbocycles. The van der Waals surface area contributed by atoms with Crippen LogP contribution in [0.2, 0.25) is 0 Å². The Morgan fingerprint density at radius 1 is 0.968 bits per heavy atom. The van der Waals surface area contributed by atoms with Gasteiger partial charge >= 0.3 is 0 Å². The second kappa shape index (κ2) is 10.6. The van der Waals surface area contributed by atoms with Crippen LogP contribution in [0.15, 0.2) is 23.1 Å². The largest absolute Gasteiger partial charge is 0.339 e. The first-order chi connectivity index (χ1) is 14.8. The van der Waals surface area contributed by atoms with Crippen molar-refractivity contribution in [3.8, 4) is 0 Å². The van der Waals surface area contributed by atoms with Crippen molar-refractivity contribution in [2.24, 2.45) is 5.92 Å². The lowest BCUT2D eigenvalue weighted by Gasteiger charge is -2.35. The highest BCUT2D eigenvalue weighted by Crippen LogP contribution is 2.28. The fraction of sp³-hybridized carbons (Fsp3) is 0.652. The summed E-state index contributed by atoms with van der Waals surface area (Å²) in [5, 5.41) is 0. The lowest BCUT2D eigenvalue weighted by Crippen LogP contribution is -2.51. The highest BCUT2D eigenvalue weighted by atomic mass is 32.2. The van der Waals surface area contributed by atoms with Crippen LogP contribution in [0.25, 0.3) is 0 Å². The van der Waals surface area contributed by atoms with Gasteiger partial charge in [-0.15, -0.1) is 0 Å². The van der Waals surface area contributed by atoms with Gasteiger partial charge in [0, 0.05) is 45.6 Å². The molecule has 31 heavy (non-hydrogen) atoms. The minimum atomic E-state index is -3.65. The van der Waals surface area contributed by atoms with Crippen molar-refractivity contribution in [1.29, 1.82) is 0 Å². The summed E-state index contributed by atoms with van der Waals surface area (Å²) in [5.41, 5.74) is 1.55.